The number of nitrogens with zero attached hydrogens (tertiary/aromatic N) is 4. The quantitative estimate of drug-likeness (QED) is 0.903. The van der Waals surface area contributed by atoms with Crippen LogP contribution in [0.4, 0.5) is 5.69 Å². The Morgan fingerprint density at radius 2 is 2.24 bits per heavy atom. The first kappa shape index (κ1) is 12.0. The third-order valence-electron chi connectivity index (χ3n) is 2.53. The van der Waals surface area contributed by atoms with Crippen molar-refractivity contribution < 1.29 is 0 Å². The summed E-state index contributed by atoms with van der Waals surface area (Å²) in [5, 5.41) is 6.35. The summed E-state index contributed by atoms with van der Waals surface area (Å²) >= 11 is 1.56. The van der Waals surface area contributed by atoms with Crippen LogP contribution < -0.4 is 5.73 Å². The Hall–Kier alpha value is -1.43. The molecule has 0 aliphatic carbocycles. The minimum atomic E-state index is 0.756. The van der Waals surface area contributed by atoms with Crippen LogP contribution in [0, 0.1) is 6.92 Å². The van der Waals surface area contributed by atoms with Gasteiger partial charge in [-0.3, -0.25) is 4.68 Å². The van der Waals surface area contributed by atoms with Gasteiger partial charge in [-0.05, 0) is 25.1 Å². The molecule has 2 aromatic heterocycles. The average Bonchev–Trinajstić information content (AvgIpc) is 2.80. The monoisotopic (exact) mass is 251 g/mol. The van der Waals surface area contributed by atoms with Crippen LogP contribution in [-0.4, -0.2) is 19.3 Å². The summed E-state index contributed by atoms with van der Waals surface area (Å²) in [5.41, 5.74) is 7.70. The summed E-state index contributed by atoms with van der Waals surface area (Å²) in [4.78, 5) is 4.29. The first-order valence-electron chi connectivity index (χ1n) is 5.61. The Morgan fingerprint density at radius 3 is 2.82 bits per heavy atom. The van der Waals surface area contributed by atoms with Gasteiger partial charge in [0.1, 0.15) is 5.03 Å². The lowest BCUT2D eigenvalue weighted by Crippen LogP contribution is -2.02. The summed E-state index contributed by atoms with van der Waals surface area (Å²) in [7, 11) is 1.97. The van der Waals surface area contributed by atoms with Crippen LogP contribution >= 0.6 is 11.8 Å². The van der Waals surface area contributed by atoms with Gasteiger partial charge in [-0.15, -0.1) is 0 Å². The van der Waals surface area contributed by atoms with E-state index in [1.807, 2.05) is 29.4 Å². The molecule has 0 atom stereocenters. The zero-order chi connectivity index (χ0) is 12.4. The zero-order valence-corrected chi connectivity index (χ0v) is 11.2. The van der Waals surface area contributed by atoms with Gasteiger partial charge in [0.2, 0.25) is 0 Å². The van der Waals surface area contributed by atoms with Gasteiger partial charge in [-0.1, -0.05) is 6.92 Å². The molecule has 0 bridgehead atoms. The third kappa shape index (κ3) is 2.31. The molecule has 0 unspecified atom stereocenters. The lowest BCUT2D eigenvalue weighted by atomic mass is 10.4. The summed E-state index contributed by atoms with van der Waals surface area (Å²) in [5.74, 6) is 0. The molecule has 0 aliphatic rings. The number of imidazole rings is 1. The predicted octanol–water partition coefficient (Wildman–Crippen LogP) is 2.07. The number of aromatic nitrogens is 4. The van der Waals surface area contributed by atoms with Crippen molar-refractivity contribution >= 4 is 17.4 Å². The fourth-order valence-corrected chi connectivity index (χ4v) is 2.57. The zero-order valence-electron chi connectivity index (χ0n) is 10.3. The number of hydrogen-bond acceptors (Lipinski definition) is 4. The normalized spacial score (nSPS) is 11.0. The van der Waals surface area contributed by atoms with Crippen molar-refractivity contribution in [1.82, 2.24) is 19.3 Å². The summed E-state index contributed by atoms with van der Waals surface area (Å²) in [6, 6.07) is 0. The minimum Gasteiger partial charge on any atom is -0.395 e. The van der Waals surface area contributed by atoms with Gasteiger partial charge >= 0.3 is 0 Å². The standard InChI is InChI=1S/C11H17N5S/c1-4-6-16-10(9(12)8(2)14-16)17-11-13-5-7-15(11)3/h5,7H,4,6,12H2,1-3H3. The van der Waals surface area contributed by atoms with Crippen molar-refractivity contribution in [2.75, 3.05) is 5.73 Å². The second kappa shape index (κ2) is 4.83. The van der Waals surface area contributed by atoms with Crippen molar-refractivity contribution in [3.63, 3.8) is 0 Å². The molecule has 0 spiro atoms. The van der Waals surface area contributed by atoms with E-state index in [0.717, 1.165) is 34.5 Å². The lowest BCUT2D eigenvalue weighted by Gasteiger charge is -2.06. The molecule has 0 saturated carbocycles. The Labute approximate surface area is 105 Å². The van der Waals surface area contributed by atoms with Crippen LogP contribution in [0.3, 0.4) is 0 Å². The molecule has 6 heteroatoms. The molecule has 2 heterocycles. The van der Waals surface area contributed by atoms with Gasteiger partial charge < -0.3 is 10.3 Å². The number of nitrogens with two attached hydrogens (primary N) is 1. The van der Waals surface area contributed by atoms with E-state index < -0.39 is 0 Å². The van der Waals surface area contributed by atoms with Crippen molar-refractivity contribution in [2.24, 2.45) is 7.05 Å². The first-order valence-corrected chi connectivity index (χ1v) is 6.43. The highest BCUT2D eigenvalue weighted by Gasteiger charge is 2.15. The maximum Gasteiger partial charge on any atom is 0.174 e. The van der Waals surface area contributed by atoms with Gasteiger partial charge in [-0.25, -0.2) is 4.98 Å². The molecule has 2 aromatic rings. The number of hydrogen-bond donors (Lipinski definition) is 1. The second-order valence-corrected chi connectivity index (χ2v) is 4.91. The highest BCUT2D eigenvalue weighted by atomic mass is 32.2. The molecule has 0 saturated heterocycles. The molecule has 5 nitrogen and oxygen atoms in total. The summed E-state index contributed by atoms with van der Waals surface area (Å²) in [6.07, 6.45) is 4.74. The second-order valence-electron chi connectivity index (χ2n) is 3.95. The SMILES string of the molecule is CCCn1nc(C)c(N)c1Sc1nccn1C. The van der Waals surface area contributed by atoms with Gasteiger partial charge in [0.25, 0.3) is 0 Å². The largest absolute Gasteiger partial charge is 0.395 e. The number of aryl methyl sites for hydroxylation is 3. The average molecular weight is 251 g/mol. The van der Waals surface area contributed by atoms with Gasteiger partial charge in [0.05, 0.1) is 11.4 Å². The fourth-order valence-electron chi connectivity index (χ4n) is 1.58. The van der Waals surface area contributed by atoms with Gasteiger partial charge in [-0.2, -0.15) is 5.10 Å². The summed E-state index contributed by atoms with van der Waals surface area (Å²) in [6.45, 7) is 4.94. The topological polar surface area (TPSA) is 61.7 Å². The maximum atomic E-state index is 6.06. The van der Waals surface area contributed by atoms with E-state index >= 15 is 0 Å². The van der Waals surface area contributed by atoms with E-state index in [1.165, 1.54) is 0 Å². The van der Waals surface area contributed by atoms with Gasteiger partial charge in [0.15, 0.2) is 5.16 Å². The van der Waals surface area contributed by atoms with Crippen molar-refractivity contribution in [3.8, 4) is 0 Å². The number of nitrogen functional groups attached to an aromatic ring is 1. The number of anilines is 1. The van der Waals surface area contributed by atoms with E-state index in [0.29, 0.717) is 0 Å². The van der Waals surface area contributed by atoms with Crippen molar-refractivity contribution in [1.29, 1.82) is 0 Å². The Balaban J connectivity index is 2.34. The lowest BCUT2D eigenvalue weighted by molar-refractivity contribution is 0.555. The highest BCUT2D eigenvalue weighted by Crippen LogP contribution is 2.32. The molecule has 0 amide bonds. The molecule has 0 aliphatic heterocycles. The van der Waals surface area contributed by atoms with Crippen molar-refractivity contribution in [2.45, 2.75) is 37.0 Å². The third-order valence-corrected chi connectivity index (χ3v) is 3.73. The molecule has 0 fully saturated rings. The predicted molar refractivity (Wildman–Crippen MR) is 69.0 cm³/mol. The Kier molecular flexibility index (Phi) is 3.42. The smallest absolute Gasteiger partial charge is 0.174 e. The maximum absolute atomic E-state index is 6.06. The molecule has 92 valence electrons. The molecule has 2 rings (SSSR count). The van der Waals surface area contributed by atoms with Crippen molar-refractivity contribution in [3.05, 3.63) is 18.1 Å². The minimum absolute atomic E-state index is 0.756. The van der Waals surface area contributed by atoms with Crippen LogP contribution in [0.25, 0.3) is 0 Å². The molecule has 0 radical (unpaired) electrons. The van der Waals surface area contributed by atoms with Crippen LogP contribution in [0.5, 0.6) is 0 Å². The Morgan fingerprint density at radius 1 is 1.47 bits per heavy atom. The van der Waals surface area contributed by atoms with E-state index in [1.54, 1.807) is 18.0 Å². The molecular weight excluding hydrogens is 234 g/mol. The summed E-state index contributed by atoms with van der Waals surface area (Å²) < 4.78 is 3.94. The fraction of sp³-hybridized carbons (Fsp3) is 0.455. The number of rotatable bonds is 4. The van der Waals surface area contributed by atoms with Gasteiger partial charge in [0, 0.05) is 26.0 Å². The highest BCUT2D eigenvalue weighted by molar-refractivity contribution is 7.99. The van der Waals surface area contributed by atoms with Crippen LogP contribution in [0.2, 0.25) is 0 Å². The van der Waals surface area contributed by atoms with E-state index in [2.05, 4.69) is 17.0 Å². The molecule has 17 heavy (non-hydrogen) atoms. The first-order chi connectivity index (χ1) is 8.13. The van der Waals surface area contributed by atoms with E-state index in [-0.39, 0.29) is 0 Å². The van der Waals surface area contributed by atoms with Crippen LogP contribution in [0.1, 0.15) is 19.0 Å². The molecule has 0 aromatic carbocycles. The van der Waals surface area contributed by atoms with E-state index in [4.69, 9.17) is 5.73 Å². The van der Waals surface area contributed by atoms with E-state index in [9.17, 15) is 0 Å². The van der Waals surface area contributed by atoms with Crippen LogP contribution in [0.15, 0.2) is 22.6 Å². The molecular formula is C11H17N5S. The Bertz CT molecular complexity index is 514. The van der Waals surface area contributed by atoms with Crippen LogP contribution in [-0.2, 0) is 13.6 Å². The molecule has 2 N–H and O–H groups in total.